The van der Waals surface area contributed by atoms with E-state index in [9.17, 15) is 4.79 Å². The monoisotopic (exact) mass is 358 g/mol. The van der Waals surface area contributed by atoms with Crippen molar-refractivity contribution in [2.45, 2.75) is 6.42 Å². The summed E-state index contributed by atoms with van der Waals surface area (Å²) < 4.78 is 11.1. The molecular weight excluding hydrogens is 340 g/mol. The zero-order valence-electron chi connectivity index (χ0n) is 14.8. The van der Waals surface area contributed by atoms with E-state index in [0.717, 1.165) is 11.1 Å². The smallest absolute Gasteiger partial charge is 0.255 e. The Morgan fingerprint density at radius 2 is 1.81 bits per heavy atom. The lowest BCUT2D eigenvalue weighted by atomic mass is 10.1. The Morgan fingerprint density at radius 3 is 2.63 bits per heavy atom. The molecule has 0 radical (unpaired) electrons. The number of carbonyl (C=O) groups excluding carboxylic acids is 1. The van der Waals surface area contributed by atoms with Crippen molar-refractivity contribution >= 4 is 22.7 Å². The Hall–Kier alpha value is -3.60. The molecule has 4 rings (SSSR count). The summed E-state index contributed by atoms with van der Waals surface area (Å²) in [6.45, 7) is 0. The number of hydrogen-bond acceptors (Lipinski definition) is 4. The highest BCUT2D eigenvalue weighted by atomic mass is 16.5. The van der Waals surface area contributed by atoms with E-state index in [0.29, 0.717) is 34.9 Å². The SMILES string of the molecule is COc1ccccc1NC(=O)c1ccc2nc(Cc3ccccc3)oc2c1. The molecule has 0 atom stereocenters. The van der Waals surface area contributed by atoms with Gasteiger partial charge in [-0.05, 0) is 35.9 Å². The molecule has 0 aliphatic carbocycles. The number of para-hydroxylation sites is 2. The minimum absolute atomic E-state index is 0.234. The molecule has 0 saturated heterocycles. The van der Waals surface area contributed by atoms with Crippen LogP contribution in [0.5, 0.6) is 5.75 Å². The number of ether oxygens (including phenoxy) is 1. The Morgan fingerprint density at radius 1 is 1.04 bits per heavy atom. The van der Waals surface area contributed by atoms with Crippen LogP contribution in [0.4, 0.5) is 5.69 Å². The molecule has 27 heavy (non-hydrogen) atoms. The summed E-state index contributed by atoms with van der Waals surface area (Å²) in [6.07, 6.45) is 0.609. The molecule has 0 fully saturated rings. The standard InChI is InChI=1S/C22H18N2O3/c1-26-19-10-6-5-9-17(19)24-22(25)16-11-12-18-20(14-16)27-21(23-18)13-15-7-3-2-4-8-15/h2-12,14H,13H2,1H3,(H,24,25). The van der Waals surface area contributed by atoms with E-state index in [1.54, 1.807) is 37.4 Å². The minimum Gasteiger partial charge on any atom is -0.495 e. The average Bonchev–Trinajstić information content (AvgIpc) is 3.10. The van der Waals surface area contributed by atoms with Crippen molar-refractivity contribution < 1.29 is 13.9 Å². The molecule has 0 spiro atoms. The molecular formula is C22H18N2O3. The van der Waals surface area contributed by atoms with E-state index in [-0.39, 0.29) is 5.91 Å². The normalized spacial score (nSPS) is 10.7. The maximum Gasteiger partial charge on any atom is 0.255 e. The van der Waals surface area contributed by atoms with E-state index < -0.39 is 0 Å². The Bertz CT molecular complexity index is 1090. The van der Waals surface area contributed by atoms with Crippen LogP contribution in [0, 0.1) is 0 Å². The molecule has 1 N–H and O–H groups in total. The van der Waals surface area contributed by atoms with Gasteiger partial charge in [-0.3, -0.25) is 4.79 Å². The molecule has 4 aromatic rings. The van der Waals surface area contributed by atoms with Crippen molar-refractivity contribution in [3.05, 3.63) is 89.8 Å². The van der Waals surface area contributed by atoms with Gasteiger partial charge in [0.2, 0.25) is 0 Å². The van der Waals surface area contributed by atoms with Crippen molar-refractivity contribution in [3.8, 4) is 5.75 Å². The fourth-order valence-corrected chi connectivity index (χ4v) is 2.90. The zero-order valence-corrected chi connectivity index (χ0v) is 14.8. The highest BCUT2D eigenvalue weighted by Gasteiger charge is 2.13. The van der Waals surface area contributed by atoms with Crippen LogP contribution in [-0.2, 0) is 6.42 Å². The third-order valence-corrected chi connectivity index (χ3v) is 4.25. The molecule has 5 nitrogen and oxygen atoms in total. The number of hydrogen-bond donors (Lipinski definition) is 1. The van der Waals surface area contributed by atoms with Gasteiger partial charge in [0.15, 0.2) is 11.5 Å². The van der Waals surface area contributed by atoms with Gasteiger partial charge >= 0.3 is 0 Å². The number of carbonyl (C=O) groups is 1. The number of oxazole rings is 1. The topological polar surface area (TPSA) is 64.4 Å². The van der Waals surface area contributed by atoms with Crippen LogP contribution in [0.1, 0.15) is 21.8 Å². The van der Waals surface area contributed by atoms with Gasteiger partial charge in [0.05, 0.1) is 12.8 Å². The summed E-state index contributed by atoms with van der Waals surface area (Å²) in [5.41, 5.74) is 3.56. The van der Waals surface area contributed by atoms with Crippen LogP contribution in [0.3, 0.4) is 0 Å². The summed E-state index contributed by atoms with van der Waals surface area (Å²) in [4.78, 5) is 17.1. The lowest BCUT2D eigenvalue weighted by Crippen LogP contribution is -2.12. The Kier molecular flexibility index (Phi) is 4.58. The van der Waals surface area contributed by atoms with Crippen molar-refractivity contribution in [2.24, 2.45) is 0 Å². The number of benzene rings is 3. The van der Waals surface area contributed by atoms with Gasteiger partial charge in [0.25, 0.3) is 5.91 Å². The maximum atomic E-state index is 12.6. The van der Waals surface area contributed by atoms with Crippen molar-refractivity contribution in [1.29, 1.82) is 0 Å². The predicted molar refractivity (Wildman–Crippen MR) is 104 cm³/mol. The molecule has 0 saturated carbocycles. The molecule has 5 heteroatoms. The number of nitrogens with zero attached hydrogens (tertiary/aromatic N) is 1. The van der Waals surface area contributed by atoms with E-state index in [1.165, 1.54) is 0 Å². The summed E-state index contributed by atoms with van der Waals surface area (Å²) >= 11 is 0. The first kappa shape index (κ1) is 16.8. The van der Waals surface area contributed by atoms with Crippen LogP contribution >= 0.6 is 0 Å². The second kappa shape index (κ2) is 7.33. The number of rotatable bonds is 5. The van der Waals surface area contributed by atoms with Gasteiger partial charge in [0, 0.05) is 12.0 Å². The Labute approximate surface area is 156 Å². The van der Waals surface area contributed by atoms with Crippen LogP contribution in [0.15, 0.2) is 77.2 Å². The molecule has 0 aliphatic heterocycles. The predicted octanol–water partition coefficient (Wildman–Crippen LogP) is 4.68. The fraction of sp³-hybridized carbons (Fsp3) is 0.0909. The lowest BCUT2D eigenvalue weighted by molar-refractivity contribution is 0.102. The van der Waals surface area contributed by atoms with Crippen LogP contribution < -0.4 is 10.1 Å². The summed E-state index contributed by atoms with van der Waals surface area (Å²) in [5, 5.41) is 2.86. The highest BCUT2D eigenvalue weighted by Crippen LogP contribution is 2.25. The number of methoxy groups -OCH3 is 1. The van der Waals surface area contributed by atoms with E-state index in [1.807, 2.05) is 42.5 Å². The summed E-state index contributed by atoms with van der Waals surface area (Å²) in [5.74, 6) is 0.998. The number of fused-ring (bicyclic) bond motifs is 1. The van der Waals surface area contributed by atoms with Crippen molar-refractivity contribution in [1.82, 2.24) is 4.98 Å². The Balaban J connectivity index is 1.56. The quantitative estimate of drug-likeness (QED) is 0.563. The number of nitrogens with one attached hydrogen (secondary N) is 1. The summed E-state index contributed by atoms with van der Waals surface area (Å²) in [7, 11) is 1.57. The van der Waals surface area contributed by atoms with Crippen molar-refractivity contribution in [3.63, 3.8) is 0 Å². The van der Waals surface area contributed by atoms with Gasteiger partial charge < -0.3 is 14.5 Å². The molecule has 3 aromatic carbocycles. The van der Waals surface area contributed by atoms with E-state index >= 15 is 0 Å². The van der Waals surface area contributed by atoms with Crippen molar-refractivity contribution in [2.75, 3.05) is 12.4 Å². The molecule has 0 bridgehead atoms. The molecule has 0 aliphatic rings. The fourth-order valence-electron chi connectivity index (χ4n) is 2.90. The first-order chi connectivity index (χ1) is 13.2. The average molecular weight is 358 g/mol. The summed E-state index contributed by atoms with van der Waals surface area (Å²) in [6, 6.07) is 22.5. The zero-order chi connectivity index (χ0) is 18.6. The number of aromatic nitrogens is 1. The van der Waals surface area contributed by atoms with Gasteiger partial charge in [-0.15, -0.1) is 0 Å². The van der Waals surface area contributed by atoms with Crippen LogP contribution in [-0.4, -0.2) is 18.0 Å². The molecule has 0 unspecified atom stereocenters. The minimum atomic E-state index is -0.234. The first-order valence-electron chi connectivity index (χ1n) is 8.61. The second-order valence-electron chi connectivity index (χ2n) is 6.11. The molecule has 134 valence electrons. The maximum absolute atomic E-state index is 12.6. The number of amides is 1. The first-order valence-corrected chi connectivity index (χ1v) is 8.61. The third-order valence-electron chi connectivity index (χ3n) is 4.25. The molecule has 1 amide bonds. The second-order valence-corrected chi connectivity index (χ2v) is 6.11. The third kappa shape index (κ3) is 3.67. The largest absolute Gasteiger partial charge is 0.495 e. The molecule has 1 aromatic heterocycles. The lowest BCUT2D eigenvalue weighted by Gasteiger charge is -2.09. The van der Waals surface area contributed by atoms with Gasteiger partial charge in [-0.25, -0.2) is 4.98 Å². The van der Waals surface area contributed by atoms with E-state index in [4.69, 9.17) is 9.15 Å². The van der Waals surface area contributed by atoms with Crippen LogP contribution in [0.25, 0.3) is 11.1 Å². The van der Waals surface area contributed by atoms with Gasteiger partial charge in [0.1, 0.15) is 11.3 Å². The van der Waals surface area contributed by atoms with Gasteiger partial charge in [-0.2, -0.15) is 0 Å². The highest BCUT2D eigenvalue weighted by molar-refractivity contribution is 6.06. The van der Waals surface area contributed by atoms with Crippen LogP contribution in [0.2, 0.25) is 0 Å². The number of anilines is 1. The van der Waals surface area contributed by atoms with E-state index in [2.05, 4.69) is 10.3 Å². The molecule has 1 heterocycles. The van der Waals surface area contributed by atoms with Gasteiger partial charge in [-0.1, -0.05) is 42.5 Å².